The zero-order valence-electron chi connectivity index (χ0n) is 12.1. The molecule has 0 saturated carbocycles. The van der Waals surface area contributed by atoms with Crippen molar-refractivity contribution in [3.63, 3.8) is 0 Å². The topological polar surface area (TPSA) is 104 Å². The molecule has 3 N–H and O–H groups in total. The van der Waals surface area contributed by atoms with Crippen LogP contribution in [0.25, 0.3) is 0 Å². The predicted molar refractivity (Wildman–Crippen MR) is 73.2 cm³/mol. The van der Waals surface area contributed by atoms with E-state index in [0.29, 0.717) is 12.1 Å². The number of hydrogen-bond acceptors (Lipinski definition) is 4. The Balaban J connectivity index is 2.77. The van der Waals surface area contributed by atoms with Crippen molar-refractivity contribution in [1.29, 1.82) is 0 Å². The average molecular weight is 353 g/mol. The summed E-state index contributed by atoms with van der Waals surface area (Å²) in [6, 6.07) is 2.29. The quantitative estimate of drug-likeness (QED) is 0.543. The van der Waals surface area contributed by atoms with Gasteiger partial charge in [-0.25, -0.2) is 8.42 Å². The van der Waals surface area contributed by atoms with Gasteiger partial charge in [0.05, 0.1) is 10.5 Å². The number of hydrazine groups is 1. The molecule has 0 fully saturated rings. The number of nitrogens with one attached hydrogen (secondary N) is 3. The highest BCUT2D eigenvalue weighted by atomic mass is 32.2. The largest absolute Gasteiger partial charge is 0.416 e. The summed E-state index contributed by atoms with van der Waals surface area (Å²) in [4.78, 5) is 23.7. The first-order chi connectivity index (χ1) is 10.4. The van der Waals surface area contributed by atoms with E-state index in [-0.39, 0.29) is 6.04 Å². The number of carbonyl (C=O) groups is 2. The fourth-order valence-corrected chi connectivity index (χ4v) is 2.22. The summed E-state index contributed by atoms with van der Waals surface area (Å²) in [6.07, 6.45) is -4.60. The molecule has 1 rings (SSSR count). The van der Waals surface area contributed by atoms with Gasteiger partial charge >= 0.3 is 18.0 Å². The van der Waals surface area contributed by atoms with Gasteiger partial charge in [0.1, 0.15) is 0 Å². The van der Waals surface area contributed by atoms with Gasteiger partial charge in [0.15, 0.2) is 0 Å². The van der Waals surface area contributed by atoms with Crippen LogP contribution >= 0.6 is 0 Å². The Morgan fingerprint density at radius 1 is 1.04 bits per heavy atom. The van der Waals surface area contributed by atoms with E-state index in [1.54, 1.807) is 24.1 Å². The van der Waals surface area contributed by atoms with Gasteiger partial charge in [-0.2, -0.15) is 13.2 Å². The maximum absolute atomic E-state index is 12.4. The number of carbonyl (C=O) groups excluding carboxylic acids is 2. The summed E-state index contributed by atoms with van der Waals surface area (Å²) in [7, 11) is -4.31. The number of alkyl halides is 3. The fraction of sp³-hybridized carbons (Fsp3) is 0.333. The van der Waals surface area contributed by atoms with Gasteiger partial charge in [-0.1, -0.05) is 0 Å². The van der Waals surface area contributed by atoms with Crippen LogP contribution in [0.2, 0.25) is 0 Å². The summed E-state index contributed by atoms with van der Waals surface area (Å²) in [5, 5.41) is 2.23. The molecule has 0 radical (unpaired) electrons. The number of sulfonamides is 1. The lowest BCUT2D eigenvalue weighted by molar-refractivity contribution is -0.139. The van der Waals surface area contributed by atoms with Crippen molar-refractivity contribution in [3.8, 4) is 0 Å². The molecule has 23 heavy (non-hydrogen) atoms. The molecule has 11 heteroatoms. The standard InChI is InChI=1S/C12H14F3N3O4S/c1-7(2)16-10(19)11(20)17-18-23(21,22)9-5-3-8(4-6-9)12(13,14)15/h3-7,18H,1-2H3,(H,16,19)(H,17,20). The predicted octanol–water partition coefficient (Wildman–Crippen LogP) is 0.539. The van der Waals surface area contributed by atoms with Crippen LogP contribution in [0, 0.1) is 0 Å². The molecule has 1 aromatic carbocycles. The van der Waals surface area contributed by atoms with Gasteiger partial charge in [-0.05, 0) is 38.1 Å². The van der Waals surface area contributed by atoms with Gasteiger partial charge in [0, 0.05) is 6.04 Å². The maximum Gasteiger partial charge on any atom is 0.416 e. The van der Waals surface area contributed by atoms with E-state index in [1.165, 1.54) is 0 Å². The van der Waals surface area contributed by atoms with Crippen LogP contribution in [0.4, 0.5) is 13.2 Å². The van der Waals surface area contributed by atoms with Crippen LogP contribution in [0.5, 0.6) is 0 Å². The van der Waals surface area contributed by atoms with Gasteiger partial charge in [0.2, 0.25) is 0 Å². The molecule has 0 saturated heterocycles. The molecule has 0 heterocycles. The lowest BCUT2D eigenvalue weighted by Gasteiger charge is -2.11. The normalized spacial score (nSPS) is 12.1. The number of hydrogen-bond donors (Lipinski definition) is 3. The van der Waals surface area contributed by atoms with Crippen molar-refractivity contribution in [2.75, 3.05) is 0 Å². The molecule has 0 aliphatic carbocycles. The maximum atomic E-state index is 12.4. The second-order valence-corrected chi connectivity index (χ2v) is 6.39. The van der Waals surface area contributed by atoms with Crippen LogP contribution in [0.15, 0.2) is 29.2 Å². The van der Waals surface area contributed by atoms with Crippen LogP contribution in [-0.4, -0.2) is 26.3 Å². The van der Waals surface area contributed by atoms with Crippen LogP contribution in [-0.2, 0) is 25.8 Å². The molecule has 0 bridgehead atoms. The third-order valence-electron chi connectivity index (χ3n) is 2.42. The lowest BCUT2D eigenvalue weighted by Crippen LogP contribution is -2.49. The molecule has 0 unspecified atom stereocenters. The van der Waals surface area contributed by atoms with Crippen molar-refractivity contribution >= 4 is 21.8 Å². The number of amides is 2. The van der Waals surface area contributed by atoms with Gasteiger partial charge in [0.25, 0.3) is 10.0 Å². The van der Waals surface area contributed by atoms with E-state index >= 15 is 0 Å². The lowest BCUT2D eigenvalue weighted by atomic mass is 10.2. The third-order valence-corrected chi connectivity index (χ3v) is 3.68. The molecule has 0 aliphatic heterocycles. The van der Waals surface area contributed by atoms with Gasteiger partial charge in [-0.3, -0.25) is 15.0 Å². The fourth-order valence-electron chi connectivity index (χ4n) is 1.38. The molecular weight excluding hydrogens is 339 g/mol. The van der Waals surface area contributed by atoms with E-state index in [9.17, 15) is 31.2 Å². The van der Waals surface area contributed by atoms with Crippen molar-refractivity contribution < 1.29 is 31.2 Å². The van der Waals surface area contributed by atoms with Crippen LogP contribution in [0.3, 0.4) is 0 Å². The van der Waals surface area contributed by atoms with Crippen LogP contribution in [0.1, 0.15) is 19.4 Å². The summed E-state index contributed by atoms with van der Waals surface area (Å²) >= 11 is 0. The Kier molecular flexibility index (Phi) is 5.72. The number of benzene rings is 1. The molecule has 128 valence electrons. The van der Waals surface area contributed by atoms with E-state index < -0.39 is 38.5 Å². The Morgan fingerprint density at radius 3 is 2.00 bits per heavy atom. The van der Waals surface area contributed by atoms with Crippen molar-refractivity contribution in [2.24, 2.45) is 0 Å². The number of halogens is 3. The molecule has 2 amide bonds. The van der Waals surface area contributed by atoms with Gasteiger partial charge < -0.3 is 5.32 Å². The zero-order chi connectivity index (χ0) is 17.8. The highest BCUT2D eigenvalue weighted by molar-refractivity contribution is 7.89. The minimum atomic E-state index is -4.60. The molecular formula is C12H14F3N3O4S. The van der Waals surface area contributed by atoms with E-state index in [4.69, 9.17) is 0 Å². The first-order valence-electron chi connectivity index (χ1n) is 6.23. The molecule has 0 aromatic heterocycles. The van der Waals surface area contributed by atoms with Crippen molar-refractivity contribution in [3.05, 3.63) is 29.8 Å². The highest BCUT2D eigenvalue weighted by Crippen LogP contribution is 2.29. The third kappa shape index (κ3) is 5.53. The first kappa shape index (κ1) is 18.9. The molecule has 0 aliphatic rings. The van der Waals surface area contributed by atoms with Crippen molar-refractivity contribution in [2.45, 2.75) is 31.0 Å². The summed E-state index contributed by atoms with van der Waals surface area (Å²) in [5.74, 6) is -2.32. The minimum absolute atomic E-state index is 0.334. The Morgan fingerprint density at radius 2 is 1.57 bits per heavy atom. The van der Waals surface area contributed by atoms with Crippen molar-refractivity contribution in [1.82, 2.24) is 15.6 Å². The SMILES string of the molecule is CC(C)NC(=O)C(=O)NNS(=O)(=O)c1ccc(C(F)(F)F)cc1. The summed E-state index contributed by atoms with van der Waals surface area (Å²) < 4.78 is 60.8. The number of rotatable bonds is 4. The van der Waals surface area contributed by atoms with E-state index in [2.05, 4.69) is 5.32 Å². The average Bonchev–Trinajstić information content (AvgIpc) is 2.43. The van der Waals surface area contributed by atoms with E-state index in [0.717, 1.165) is 12.1 Å². The summed E-state index contributed by atoms with van der Waals surface area (Å²) in [5.41, 5.74) is 0.643. The second kappa shape index (κ2) is 6.96. The monoisotopic (exact) mass is 353 g/mol. The zero-order valence-corrected chi connectivity index (χ0v) is 12.9. The Hall–Kier alpha value is -2.14. The molecule has 0 spiro atoms. The summed E-state index contributed by atoms with van der Waals surface area (Å²) in [6.45, 7) is 3.19. The van der Waals surface area contributed by atoms with Crippen LogP contribution < -0.4 is 15.6 Å². The molecule has 1 aromatic rings. The minimum Gasteiger partial charge on any atom is -0.346 e. The highest BCUT2D eigenvalue weighted by Gasteiger charge is 2.30. The van der Waals surface area contributed by atoms with Gasteiger partial charge in [-0.15, -0.1) is 4.83 Å². The van der Waals surface area contributed by atoms with E-state index in [1.807, 2.05) is 0 Å². The Bertz CT molecular complexity index is 684. The first-order valence-corrected chi connectivity index (χ1v) is 7.71. The molecule has 7 nitrogen and oxygen atoms in total. The molecule has 0 atom stereocenters. The second-order valence-electron chi connectivity index (χ2n) is 4.71. The smallest absolute Gasteiger partial charge is 0.346 e. The Labute approximate surface area is 130 Å².